The van der Waals surface area contributed by atoms with Crippen molar-refractivity contribution in [3.05, 3.63) is 0 Å². The van der Waals surface area contributed by atoms with Gasteiger partial charge in [0, 0.05) is 4.75 Å². The molecular weight excluding hydrogens is 332 g/mol. The standard InChI is InChI=1S/C9H16O3S.C5H7ClO3/c1-9(2,3)13-6-7(10)5-8(11)12-4;1-9-5(8)2-4(7)3-6/h5-6H2,1-4H3;2-3H2,1H3. The zero-order valence-electron chi connectivity index (χ0n) is 13.6. The van der Waals surface area contributed by atoms with Gasteiger partial charge in [0.2, 0.25) is 0 Å². The van der Waals surface area contributed by atoms with Crippen molar-refractivity contribution in [1.82, 2.24) is 0 Å². The van der Waals surface area contributed by atoms with Crippen LogP contribution in [-0.2, 0) is 28.7 Å². The third-order valence-corrected chi connectivity index (χ3v) is 3.58. The summed E-state index contributed by atoms with van der Waals surface area (Å²) < 4.78 is 8.65. The summed E-state index contributed by atoms with van der Waals surface area (Å²) in [5, 5.41) is 0. The number of ketones is 2. The number of halogens is 1. The lowest BCUT2D eigenvalue weighted by molar-refractivity contribution is -0.144. The van der Waals surface area contributed by atoms with E-state index in [1.165, 1.54) is 26.0 Å². The number of hydrogen-bond acceptors (Lipinski definition) is 7. The van der Waals surface area contributed by atoms with Gasteiger partial charge in [-0.05, 0) is 0 Å². The molecule has 0 aromatic heterocycles. The number of alkyl halides is 1. The van der Waals surface area contributed by atoms with Crippen LogP contribution in [0.2, 0.25) is 0 Å². The van der Waals surface area contributed by atoms with Gasteiger partial charge in [0.05, 0.1) is 25.9 Å². The molecule has 0 spiro atoms. The summed E-state index contributed by atoms with van der Waals surface area (Å²) in [5.74, 6) is -1.15. The van der Waals surface area contributed by atoms with Gasteiger partial charge in [-0.3, -0.25) is 19.2 Å². The van der Waals surface area contributed by atoms with Crippen LogP contribution in [0, 0.1) is 0 Å². The summed E-state index contributed by atoms with van der Waals surface area (Å²) in [5.41, 5.74) is 0. The van der Waals surface area contributed by atoms with Crippen LogP contribution >= 0.6 is 23.4 Å². The van der Waals surface area contributed by atoms with Gasteiger partial charge in [-0.1, -0.05) is 20.8 Å². The van der Waals surface area contributed by atoms with E-state index >= 15 is 0 Å². The van der Waals surface area contributed by atoms with Crippen molar-refractivity contribution in [2.24, 2.45) is 0 Å². The Morgan fingerprint density at radius 2 is 1.32 bits per heavy atom. The van der Waals surface area contributed by atoms with Gasteiger partial charge in [0.15, 0.2) is 11.6 Å². The Balaban J connectivity index is 0. The molecule has 8 heteroatoms. The van der Waals surface area contributed by atoms with Gasteiger partial charge >= 0.3 is 11.9 Å². The van der Waals surface area contributed by atoms with Crippen LogP contribution in [-0.4, -0.2) is 54.1 Å². The zero-order chi connectivity index (χ0) is 17.8. The summed E-state index contributed by atoms with van der Waals surface area (Å²) in [4.78, 5) is 42.5. The smallest absolute Gasteiger partial charge is 0.313 e. The van der Waals surface area contributed by atoms with Crippen LogP contribution in [0.3, 0.4) is 0 Å². The van der Waals surface area contributed by atoms with Crippen molar-refractivity contribution >= 4 is 46.9 Å². The largest absolute Gasteiger partial charge is 0.469 e. The fourth-order valence-corrected chi connectivity index (χ4v) is 1.65. The number of hydrogen-bond donors (Lipinski definition) is 0. The maximum atomic E-state index is 11.1. The van der Waals surface area contributed by atoms with Gasteiger partial charge in [-0.2, -0.15) is 0 Å². The molecule has 0 rings (SSSR count). The first-order chi connectivity index (χ1) is 10.1. The fraction of sp³-hybridized carbons (Fsp3) is 0.714. The van der Waals surface area contributed by atoms with Crippen molar-refractivity contribution in [3.63, 3.8) is 0 Å². The van der Waals surface area contributed by atoms with Crippen LogP contribution < -0.4 is 0 Å². The number of carbonyl (C=O) groups excluding carboxylic acids is 4. The molecule has 0 bridgehead atoms. The average Bonchev–Trinajstić information content (AvgIpc) is 2.44. The molecule has 0 unspecified atom stereocenters. The first kappa shape index (κ1) is 23.2. The second kappa shape index (κ2) is 12.5. The summed E-state index contributed by atoms with van der Waals surface area (Å²) in [6, 6.07) is 0. The minimum Gasteiger partial charge on any atom is -0.469 e. The maximum absolute atomic E-state index is 11.1. The quantitative estimate of drug-likeness (QED) is 0.392. The summed E-state index contributed by atoms with van der Waals surface area (Å²) in [6.07, 6.45) is -0.334. The molecule has 0 N–H and O–H groups in total. The first-order valence-corrected chi connectivity index (χ1v) is 7.94. The van der Waals surface area contributed by atoms with Gasteiger partial charge in [-0.25, -0.2) is 0 Å². The number of rotatable bonds is 7. The van der Waals surface area contributed by atoms with E-state index in [-0.39, 0.29) is 35.0 Å². The minimum atomic E-state index is -0.541. The highest BCUT2D eigenvalue weighted by atomic mass is 35.5. The molecule has 128 valence electrons. The van der Waals surface area contributed by atoms with E-state index in [1.54, 1.807) is 0 Å². The molecule has 0 heterocycles. The van der Waals surface area contributed by atoms with Crippen molar-refractivity contribution in [2.75, 3.05) is 25.9 Å². The van der Waals surface area contributed by atoms with Crippen LogP contribution in [0.1, 0.15) is 33.6 Å². The molecule has 0 radical (unpaired) electrons. The van der Waals surface area contributed by atoms with E-state index in [1.807, 2.05) is 20.8 Å². The van der Waals surface area contributed by atoms with Crippen LogP contribution in [0.4, 0.5) is 0 Å². The molecule has 0 saturated carbocycles. The molecule has 0 aliphatic rings. The van der Waals surface area contributed by atoms with Crippen molar-refractivity contribution < 1.29 is 28.7 Å². The second-order valence-corrected chi connectivity index (χ2v) is 7.19. The third-order valence-electron chi connectivity index (χ3n) is 1.95. The van der Waals surface area contributed by atoms with Crippen LogP contribution in [0.25, 0.3) is 0 Å². The maximum Gasteiger partial charge on any atom is 0.313 e. The average molecular weight is 355 g/mol. The molecular formula is C14H23ClO6S. The van der Waals surface area contributed by atoms with E-state index < -0.39 is 11.9 Å². The van der Waals surface area contributed by atoms with E-state index in [9.17, 15) is 19.2 Å². The Hall–Kier alpha value is -1.08. The van der Waals surface area contributed by atoms with Crippen molar-refractivity contribution in [2.45, 2.75) is 38.4 Å². The van der Waals surface area contributed by atoms with Gasteiger partial charge in [0.1, 0.15) is 12.8 Å². The third kappa shape index (κ3) is 17.0. The summed E-state index contributed by atoms with van der Waals surface area (Å²) in [6.45, 7) is 6.09. The lowest BCUT2D eigenvalue weighted by atomic mass is 10.3. The SMILES string of the molecule is COC(=O)CC(=O)CCl.COC(=O)CC(=O)CSC(C)(C)C. The topological polar surface area (TPSA) is 86.7 Å². The van der Waals surface area contributed by atoms with Crippen LogP contribution in [0.15, 0.2) is 0 Å². The predicted octanol–water partition coefficient (Wildman–Crippen LogP) is 2.01. The van der Waals surface area contributed by atoms with E-state index in [0.29, 0.717) is 5.75 Å². The Morgan fingerprint density at radius 1 is 0.909 bits per heavy atom. The van der Waals surface area contributed by atoms with Gasteiger partial charge < -0.3 is 9.47 Å². The van der Waals surface area contributed by atoms with E-state index in [0.717, 1.165) is 0 Å². The molecule has 0 fully saturated rings. The molecule has 0 saturated heterocycles. The highest BCUT2D eigenvalue weighted by Gasteiger charge is 2.15. The van der Waals surface area contributed by atoms with Gasteiger partial charge in [0.25, 0.3) is 0 Å². The molecule has 0 amide bonds. The lowest BCUT2D eigenvalue weighted by Gasteiger charge is -2.16. The molecule has 0 aromatic rings. The summed E-state index contributed by atoms with van der Waals surface area (Å²) >= 11 is 6.63. The Kier molecular flexibility index (Phi) is 13.1. The monoisotopic (exact) mass is 354 g/mol. The Bertz CT molecular complexity index is 375. The number of esters is 2. The Labute approximate surface area is 140 Å². The van der Waals surface area contributed by atoms with Crippen LogP contribution in [0.5, 0.6) is 0 Å². The fourth-order valence-electron chi connectivity index (χ4n) is 0.862. The van der Waals surface area contributed by atoms with E-state index in [4.69, 9.17) is 11.6 Å². The summed E-state index contributed by atoms with van der Waals surface area (Å²) in [7, 11) is 2.51. The number of Topliss-reactive ketones (excluding diaryl/α,β-unsaturated/α-hetero) is 2. The number of thioether (sulfide) groups is 1. The lowest BCUT2D eigenvalue weighted by Crippen LogP contribution is -2.16. The normalized spacial score (nSPS) is 10.1. The minimum absolute atomic E-state index is 0.0613. The van der Waals surface area contributed by atoms with Crippen molar-refractivity contribution in [3.8, 4) is 0 Å². The zero-order valence-corrected chi connectivity index (χ0v) is 15.1. The predicted molar refractivity (Wildman–Crippen MR) is 86.2 cm³/mol. The molecule has 0 aliphatic heterocycles. The molecule has 0 aromatic carbocycles. The van der Waals surface area contributed by atoms with E-state index in [2.05, 4.69) is 9.47 Å². The number of carbonyl (C=O) groups is 4. The Morgan fingerprint density at radius 3 is 1.64 bits per heavy atom. The van der Waals surface area contributed by atoms with Gasteiger partial charge in [-0.15, -0.1) is 23.4 Å². The molecule has 6 nitrogen and oxygen atoms in total. The molecule has 0 atom stereocenters. The number of methoxy groups -OCH3 is 2. The molecule has 22 heavy (non-hydrogen) atoms. The molecule has 0 aliphatic carbocycles. The number of ether oxygens (including phenoxy) is 2. The highest BCUT2D eigenvalue weighted by Crippen LogP contribution is 2.23. The first-order valence-electron chi connectivity index (χ1n) is 6.42. The second-order valence-electron chi connectivity index (χ2n) is 5.12. The highest BCUT2D eigenvalue weighted by molar-refractivity contribution is 8.01. The van der Waals surface area contributed by atoms with Crippen molar-refractivity contribution in [1.29, 1.82) is 0 Å².